The summed E-state index contributed by atoms with van der Waals surface area (Å²) in [4.78, 5) is 4.19. The van der Waals surface area contributed by atoms with E-state index < -0.39 is 0 Å². The van der Waals surface area contributed by atoms with E-state index >= 15 is 0 Å². The summed E-state index contributed by atoms with van der Waals surface area (Å²) in [6, 6.07) is 1.74. The molecule has 1 aromatic rings. The van der Waals surface area contributed by atoms with Crippen molar-refractivity contribution in [1.82, 2.24) is 4.98 Å². The number of ether oxygens (including phenoxy) is 2. The SMILES string of the molecule is Cc1nc(CO)c(Cl)cc1C1OCCO1. The molecule has 0 atom stereocenters. The molecule has 1 N–H and O–H groups in total. The molecule has 1 fully saturated rings. The maximum Gasteiger partial charge on any atom is 0.185 e. The standard InChI is InChI=1S/C10H12ClNO3/c1-6-7(10-14-2-3-15-10)4-8(11)9(5-13)12-6/h4,10,13H,2-3,5H2,1H3. The quantitative estimate of drug-likeness (QED) is 0.837. The van der Waals surface area contributed by atoms with Crippen molar-refractivity contribution in [3.05, 3.63) is 28.0 Å². The van der Waals surface area contributed by atoms with Crippen LogP contribution in [0.2, 0.25) is 5.02 Å². The van der Waals surface area contributed by atoms with E-state index in [1.807, 2.05) is 6.92 Å². The molecule has 0 amide bonds. The van der Waals surface area contributed by atoms with Crippen LogP contribution in [-0.4, -0.2) is 23.3 Å². The summed E-state index contributed by atoms with van der Waals surface area (Å²) in [5.41, 5.74) is 2.08. The molecule has 1 aliphatic rings. The average Bonchev–Trinajstić information content (AvgIpc) is 2.74. The monoisotopic (exact) mass is 229 g/mol. The molecule has 5 heteroatoms. The summed E-state index contributed by atoms with van der Waals surface area (Å²) >= 11 is 5.95. The summed E-state index contributed by atoms with van der Waals surface area (Å²) in [6.07, 6.45) is -0.372. The van der Waals surface area contributed by atoms with Crippen molar-refractivity contribution < 1.29 is 14.6 Å². The zero-order valence-corrected chi connectivity index (χ0v) is 9.12. The highest BCUT2D eigenvalue weighted by molar-refractivity contribution is 6.31. The van der Waals surface area contributed by atoms with Gasteiger partial charge in [-0.2, -0.15) is 0 Å². The third-order valence-electron chi connectivity index (χ3n) is 2.30. The van der Waals surface area contributed by atoms with E-state index in [0.29, 0.717) is 23.9 Å². The van der Waals surface area contributed by atoms with Crippen molar-refractivity contribution in [3.63, 3.8) is 0 Å². The van der Waals surface area contributed by atoms with E-state index in [2.05, 4.69) is 4.98 Å². The zero-order chi connectivity index (χ0) is 10.8. The molecule has 0 aliphatic carbocycles. The minimum Gasteiger partial charge on any atom is -0.390 e. The molecule has 15 heavy (non-hydrogen) atoms. The van der Waals surface area contributed by atoms with Gasteiger partial charge < -0.3 is 14.6 Å². The molecule has 0 bridgehead atoms. The second-order valence-corrected chi connectivity index (χ2v) is 3.73. The number of hydrogen-bond acceptors (Lipinski definition) is 4. The maximum atomic E-state index is 8.99. The minimum atomic E-state index is -0.372. The van der Waals surface area contributed by atoms with Crippen molar-refractivity contribution in [2.45, 2.75) is 19.8 Å². The third kappa shape index (κ3) is 2.13. The Kier molecular flexibility index (Phi) is 3.21. The van der Waals surface area contributed by atoms with Crippen LogP contribution < -0.4 is 0 Å². The number of aryl methyl sites for hydroxylation is 1. The van der Waals surface area contributed by atoms with Gasteiger partial charge in [0.25, 0.3) is 0 Å². The summed E-state index contributed by atoms with van der Waals surface area (Å²) < 4.78 is 10.7. The van der Waals surface area contributed by atoms with Gasteiger partial charge >= 0.3 is 0 Å². The van der Waals surface area contributed by atoms with Crippen LogP contribution in [0.1, 0.15) is 23.2 Å². The lowest BCUT2D eigenvalue weighted by Crippen LogP contribution is -2.05. The van der Waals surface area contributed by atoms with E-state index in [0.717, 1.165) is 11.3 Å². The Morgan fingerprint density at radius 1 is 1.53 bits per heavy atom. The molecule has 1 aliphatic heterocycles. The van der Waals surface area contributed by atoms with Crippen LogP contribution in [0.3, 0.4) is 0 Å². The van der Waals surface area contributed by atoms with Gasteiger partial charge in [0.15, 0.2) is 6.29 Å². The zero-order valence-electron chi connectivity index (χ0n) is 8.36. The Hall–Kier alpha value is -0.680. The van der Waals surface area contributed by atoms with E-state index in [-0.39, 0.29) is 12.9 Å². The van der Waals surface area contributed by atoms with E-state index in [9.17, 15) is 0 Å². The van der Waals surface area contributed by atoms with Crippen molar-refractivity contribution in [2.24, 2.45) is 0 Å². The number of halogens is 1. The second kappa shape index (κ2) is 4.45. The fourth-order valence-corrected chi connectivity index (χ4v) is 1.75. The third-order valence-corrected chi connectivity index (χ3v) is 2.63. The molecule has 1 aromatic heterocycles. The normalized spacial score (nSPS) is 17.3. The summed E-state index contributed by atoms with van der Waals surface area (Å²) in [5.74, 6) is 0. The molecule has 2 heterocycles. The Morgan fingerprint density at radius 2 is 2.20 bits per heavy atom. The van der Waals surface area contributed by atoms with Gasteiger partial charge in [-0.1, -0.05) is 11.6 Å². The highest BCUT2D eigenvalue weighted by Crippen LogP contribution is 2.28. The van der Waals surface area contributed by atoms with Gasteiger partial charge in [-0.25, -0.2) is 0 Å². The van der Waals surface area contributed by atoms with Crippen molar-refractivity contribution >= 4 is 11.6 Å². The largest absolute Gasteiger partial charge is 0.390 e. The van der Waals surface area contributed by atoms with Gasteiger partial charge in [0, 0.05) is 11.3 Å². The molecule has 1 saturated heterocycles. The molecule has 0 saturated carbocycles. The number of aromatic nitrogens is 1. The lowest BCUT2D eigenvalue weighted by Gasteiger charge is -2.13. The Balaban J connectivity index is 2.35. The Morgan fingerprint density at radius 3 is 2.80 bits per heavy atom. The Labute approximate surface area is 92.8 Å². The number of hydrogen-bond donors (Lipinski definition) is 1. The number of aliphatic hydroxyl groups excluding tert-OH is 1. The van der Waals surface area contributed by atoms with Crippen LogP contribution in [0.25, 0.3) is 0 Å². The van der Waals surface area contributed by atoms with Crippen LogP contribution in [0.5, 0.6) is 0 Å². The summed E-state index contributed by atoms with van der Waals surface area (Å²) in [7, 11) is 0. The highest BCUT2D eigenvalue weighted by atomic mass is 35.5. The van der Waals surface area contributed by atoms with Gasteiger partial charge in [-0.15, -0.1) is 0 Å². The fourth-order valence-electron chi connectivity index (χ4n) is 1.53. The van der Waals surface area contributed by atoms with Gasteiger partial charge in [-0.05, 0) is 13.0 Å². The lowest BCUT2D eigenvalue weighted by molar-refractivity contribution is -0.0448. The van der Waals surface area contributed by atoms with E-state index in [4.69, 9.17) is 26.2 Å². The first-order chi connectivity index (χ1) is 7.22. The molecule has 0 unspecified atom stereocenters. The van der Waals surface area contributed by atoms with Crippen LogP contribution in [-0.2, 0) is 16.1 Å². The molecular weight excluding hydrogens is 218 g/mol. The second-order valence-electron chi connectivity index (χ2n) is 3.32. The van der Waals surface area contributed by atoms with Crippen molar-refractivity contribution in [2.75, 3.05) is 13.2 Å². The first-order valence-corrected chi connectivity index (χ1v) is 5.10. The number of nitrogens with zero attached hydrogens (tertiary/aromatic N) is 1. The smallest absolute Gasteiger partial charge is 0.185 e. The van der Waals surface area contributed by atoms with Gasteiger partial charge in [0.1, 0.15) is 0 Å². The highest BCUT2D eigenvalue weighted by Gasteiger charge is 2.22. The molecule has 0 radical (unpaired) electrons. The first kappa shape index (κ1) is 10.8. The van der Waals surface area contributed by atoms with Gasteiger partial charge in [-0.3, -0.25) is 4.98 Å². The van der Waals surface area contributed by atoms with Gasteiger partial charge in [0.2, 0.25) is 0 Å². The molecule has 4 nitrogen and oxygen atoms in total. The topological polar surface area (TPSA) is 51.6 Å². The number of rotatable bonds is 2. The summed E-state index contributed by atoms with van der Waals surface area (Å²) in [6.45, 7) is 2.86. The van der Waals surface area contributed by atoms with Crippen LogP contribution in [0.15, 0.2) is 6.07 Å². The first-order valence-electron chi connectivity index (χ1n) is 4.72. The minimum absolute atomic E-state index is 0.160. The number of aliphatic hydroxyl groups is 1. The van der Waals surface area contributed by atoms with Gasteiger partial charge in [0.05, 0.1) is 30.5 Å². The summed E-state index contributed by atoms with van der Waals surface area (Å²) in [5, 5.41) is 9.43. The van der Waals surface area contributed by atoms with Crippen molar-refractivity contribution in [3.8, 4) is 0 Å². The fraction of sp³-hybridized carbons (Fsp3) is 0.500. The van der Waals surface area contributed by atoms with Crippen molar-refractivity contribution in [1.29, 1.82) is 0 Å². The molecule has 82 valence electrons. The van der Waals surface area contributed by atoms with E-state index in [1.54, 1.807) is 6.07 Å². The predicted molar refractivity (Wildman–Crippen MR) is 54.6 cm³/mol. The molecule has 2 rings (SSSR count). The van der Waals surface area contributed by atoms with Crippen LogP contribution in [0.4, 0.5) is 0 Å². The Bertz CT molecular complexity index is 364. The molecule has 0 aromatic carbocycles. The maximum absolute atomic E-state index is 8.99. The molecule has 0 spiro atoms. The molecular formula is C10H12ClNO3. The lowest BCUT2D eigenvalue weighted by atomic mass is 10.2. The predicted octanol–water partition coefficient (Wildman–Crippen LogP) is 1.58. The van der Waals surface area contributed by atoms with E-state index in [1.165, 1.54) is 0 Å². The number of pyridine rings is 1. The average molecular weight is 230 g/mol. The van der Waals surface area contributed by atoms with Crippen LogP contribution >= 0.6 is 11.6 Å². The van der Waals surface area contributed by atoms with Crippen LogP contribution in [0, 0.1) is 6.92 Å².